The number of nitrogens with zero attached hydrogens (tertiary/aromatic N) is 2. The number of ether oxygens (including phenoxy) is 1. The first-order valence-electron chi connectivity index (χ1n) is 12.5. The summed E-state index contributed by atoms with van der Waals surface area (Å²) >= 11 is 0. The number of benzene rings is 1. The van der Waals surface area contributed by atoms with Gasteiger partial charge in [-0.05, 0) is 75.9 Å². The molecule has 5 rings (SSSR count). The average Bonchev–Trinajstić information content (AvgIpc) is 3.31. The quantitative estimate of drug-likeness (QED) is 0.646. The van der Waals surface area contributed by atoms with Gasteiger partial charge in [-0.3, -0.25) is 15.1 Å². The summed E-state index contributed by atoms with van der Waals surface area (Å²) in [5, 5.41) is 0. The number of nitrogens with one attached hydrogen (secondary N) is 2. The van der Waals surface area contributed by atoms with Crippen LogP contribution in [0.15, 0.2) is 24.3 Å². The maximum absolute atomic E-state index is 14.0. The number of carbonyl (C=O) groups excluding carboxylic acids is 1. The summed E-state index contributed by atoms with van der Waals surface area (Å²) in [5.41, 5.74) is 7.42. The zero-order chi connectivity index (χ0) is 21.9. The fourth-order valence-electron chi connectivity index (χ4n) is 5.57. The maximum Gasteiger partial charge on any atom is 0.241 e. The summed E-state index contributed by atoms with van der Waals surface area (Å²) in [6.45, 7) is 4.90. The molecular weight excluding hydrogens is 407 g/mol. The highest BCUT2D eigenvalue weighted by atomic mass is 19.1. The van der Waals surface area contributed by atoms with Gasteiger partial charge in [-0.15, -0.1) is 0 Å². The Morgan fingerprint density at radius 2 is 1.91 bits per heavy atom. The molecule has 6 nitrogen and oxygen atoms in total. The summed E-state index contributed by atoms with van der Waals surface area (Å²) in [6.07, 6.45) is 7.87. The largest absolute Gasteiger partial charge is 0.376 e. The Morgan fingerprint density at radius 3 is 2.62 bits per heavy atom. The lowest BCUT2D eigenvalue weighted by atomic mass is 9.95. The number of rotatable bonds is 8. The zero-order valence-corrected chi connectivity index (χ0v) is 19.0. The molecule has 1 aromatic rings. The topological polar surface area (TPSA) is 56.8 Å². The molecule has 3 saturated heterocycles. The van der Waals surface area contributed by atoms with E-state index in [0.717, 1.165) is 69.8 Å². The molecule has 3 unspecified atom stereocenters. The van der Waals surface area contributed by atoms with Gasteiger partial charge in [-0.1, -0.05) is 18.2 Å². The van der Waals surface area contributed by atoms with Crippen molar-refractivity contribution in [3.63, 3.8) is 0 Å². The van der Waals surface area contributed by atoms with Crippen LogP contribution in [0.4, 0.5) is 4.39 Å². The molecule has 3 heterocycles. The summed E-state index contributed by atoms with van der Waals surface area (Å²) in [6, 6.07) is 7.38. The first-order chi connectivity index (χ1) is 15.7. The van der Waals surface area contributed by atoms with Crippen molar-refractivity contribution in [2.45, 2.75) is 69.7 Å². The molecule has 4 fully saturated rings. The van der Waals surface area contributed by atoms with Gasteiger partial charge in [0.1, 0.15) is 11.9 Å². The molecule has 7 heteroatoms. The number of hydrazine groups is 1. The second-order valence-corrected chi connectivity index (χ2v) is 10.2. The van der Waals surface area contributed by atoms with E-state index in [4.69, 9.17) is 4.74 Å². The Labute approximate surface area is 190 Å². The van der Waals surface area contributed by atoms with Crippen LogP contribution in [-0.4, -0.2) is 66.7 Å². The normalized spacial score (nSPS) is 29.5. The van der Waals surface area contributed by atoms with Crippen LogP contribution >= 0.6 is 0 Å². The third-order valence-corrected chi connectivity index (χ3v) is 7.72. The highest BCUT2D eigenvalue weighted by Crippen LogP contribution is 2.36. The smallest absolute Gasteiger partial charge is 0.241 e. The zero-order valence-electron chi connectivity index (χ0n) is 19.0. The van der Waals surface area contributed by atoms with E-state index in [0.29, 0.717) is 25.0 Å². The van der Waals surface area contributed by atoms with Crippen LogP contribution in [0.25, 0.3) is 0 Å². The highest BCUT2D eigenvalue weighted by Gasteiger charge is 2.40. The predicted octanol–water partition coefficient (Wildman–Crippen LogP) is 2.69. The minimum absolute atomic E-state index is 0.120. The summed E-state index contributed by atoms with van der Waals surface area (Å²) < 4.78 is 19.9. The molecule has 2 N–H and O–H groups in total. The lowest BCUT2D eigenvalue weighted by molar-refractivity contribution is -0.135. The molecule has 1 aliphatic carbocycles. The number of likely N-dealkylation sites (tertiary alicyclic amines) is 1. The van der Waals surface area contributed by atoms with Gasteiger partial charge >= 0.3 is 0 Å². The third kappa shape index (κ3) is 5.50. The van der Waals surface area contributed by atoms with Crippen molar-refractivity contribution in [2.75, 3.05) is 32.8 Å². The van der Waals surface area contributed by atoms with Crippen molar-refractivity contribution in [1.29, 1.82) is 0 Å². The van der Waals surface area contributed by atoms with Crippen LogP contribution in [0.3, 0.4) is 0 Å². The minimum Gasteiger partial charge on any atom is -0.376 e. The number of amides is 1. The van der Waals surface area contributed by atoms with E-state index >= 15 is 0 Å². The van der Waals surface area contributed by atoms with Crippen LogP contribution < -0.4 is 10.9 Å². The van der Waals surface area contributed by atoms with Crippen molar-refractivity contribution in [1.82, 2.24) is 20.7 Å². The van der Waals surface area contributed by atoms with Crippen LogP contribution in [0.2, 0.25) is 0 Å². The van der Waals surface area contributed by atoms with E-state index in [-0.39, 0.29) is 23.9 Å². The van der Waals surface area contributed by atoms with Gasteiger partial charge in [0, 0.05) is 37.8 Å². The molecule has 3 atom stereocenters. The van der Waals surface area contributed by atoms with Gasteiger partial charge < -0.3 is 9.64 Å². The molecule has 176 valence electrons. The van der Waals surface area contributed by atoms with Gasteiger partial charge in [0.15, 0.2) is 0 Å². The van der Waals surface area contributed by atoms with E-state index in [1.165, 1.54) is 18.9 Å². The Kier molecular flexibility index (Phi) is 7.07. The molecule has 1 saturated carbocycles. The fourth-order valence-corrected chi connectivity index (χ4v) is 5.57. The lowest BCUT2D eigenvalue weighted by Gasteiger charge is -2.36. The minimum atomic E-state index is -0.122. The summed E-state index contributed by atoms with van der Waals surface area (Å²) in [7, 11) is 0. The van der Waals surface area contributed by atoms with Gasteiger partial charge in [0.25, 0.3) is 0 Å². The summed E-state index contributed by atoms with van der Waals surface area (Å²) in [5.74, 6) is 1.34. The number of halogens is 1. The first-order valence-corrected chi connectivity index (χ1v) is 12.5. The molecule has 32 heavy (non-hydrogen) atoms. The lowest BCUT2D eigenvalue weighted by Crippen LogP contribution is -2.50. The van der Waals surface area contributed by atoms with Gasteiger partial charge in [0.2, 0.25) is 5.91 Å². The Bertz CT molecular complexity index is 775. The van der Waals surface area contributed by atoms with E-state index in [9.17, 15) is 9.18 Å². The van der Waals surface area contributed by atoms with Gasteiger partial charge in [0.05, 0.1) is 6.10 Å². The second-order valence-electron chi connectivity index (χ2n) is 10.2. The van der Waals surface area contributed by atoms with Crippen molar-refractivity contribution in [2.24, 2.45) is 11.8 Å². The first kappa shape index (κ1) is 22.3. The fraction of sp³-hybridized carbons (Fsp3) is 0.720. The maximum atomic E-state index is 14.0. The molecular formula is C25H37FN4O2. The highest BCUT2D eigenvalue weighted by molar-refractivity contribution is 5.82. The SMILES string of the molecule is O=C(C1CC(C2CC2)NN1)N(CC1CCN(Cc2ccccc2F)CC1)CC1CCCO1. The number of piperidine rings is 1. The van der Waals surface area contributed by atoms with Crippen LogP contribution in [0.5, 0.6) is 0 Å². The molecule has 1 amide bonds. The monoisotopic (exact) mass is 444 g/mol. The van der Waals surface area contributed by atoms with Crippen LogP contribution in [0.1, 0.15) is 50.5 Å². The third-order valence-electron chi connectivity index (χ3n) is 7.72. The Balaban J connectivity index is 1.15. The number of carbonyl (C=O) groups is 1. The standard InChI is InChI=1S/C25H37FN4O2/c26-22-6-2-1-4-20(22)16-29-11-9-18(10-12-29)15-30(17-21-5-3-13-32-21)25(31)24-14-23(27-28-24)19-7-8-19/h1-2,4,6,18-19,21,23-24,27-28H,3,5,7-17H2. The molecule has 4 aliphatic rings. The molecule has 0 bridgehead atoms. The molecule has 0 spiro atoms. The van der Waals surface area contributed by atoms with E-state index in [2.05, 4.69) is 20.7 Å². The van der Waals surface area contributed by atoms with Crippen molar-refractivity contribution in [3.05, 3.63) is 35.6 Å². The van der Waals surface area contributed by atoms with Crippen molar-refractivity contribution >= 4 is 5.91 Å². The van der Waals surface area contributed by atoms with Crippen molar-refractivity contribution in [3.8, 4) is 0 Å². The van der Waals surface area contributed by atoms with E-state index in [1.807, 2.05) is 12.1 Å². The Hall–Kier alpha value is -1.54. The molecule has 1 aromatic carbocycles. The molecule has 0 radical (unpaired) electrons. The van der Waals surface area contributed by atoms with E-state index < -0.39 is 0 Å². The summed E-state index contributed by atoms with van der Waals surface area (Å²) in [4.78, 5) is 17.9. The average molecular weight is 445 g/mol. The Morgan fingerprint density at radius 1 is 1.09 bits per heavy atom. The van der Waals surface area contributed by atoms with Gasteiger partial charge in [-0.25, -0.2) is 9.82 Å². The van der Waals surface area contributed by atoms with E-state index in [1.54, 1.807) is 6.07 Å². The van der Waals surface area contributed by atoms with Gasteiger partial charge in [-0.2, -0.15) is 0 Å². The van der Waals surface area contributed by atoms with Crippen LogP contribution in [-0.2, 0) is 16.1 Å². The number of hydrogen-bond acceptors (Lipinski definition) is 5. The molecule has 0 aromatic heterocycles. The van der Waals surface area contributed by atoms with Crippen LogP contribution in [0, 0.1) is 17.7 Å². The molecule has 3 aliphatic heterocycles. The number of hydrogen-bond donors (Lipinski definition) is 2. The van der Waals surface area contributed by atoms with Crippen molar-refractivity contribution < 1.29 is 13.9 Å². The predicted molar refractivity (Wildman–Crippen MR) is 121 cm³/mol. The second kappa shape index (κ2) is 10.2.